The second-order valence-electron chi connectivity index (χ2n) is 6.26. The van der Waals surface area contributed by atoms with Crippen molar-refractivity contribution in [1.82, 2.24) is 4.90 Å². The van der Waals surface area contributed by atoms with E-state index in [-0.39, 0.29) is 23.8 Å². The summed E-state index contributed by atoms with van der Waals surface area (Å²) in [6.07, 6.45) is -1.74. The Labute approximate surface area is 127 Å². The minimum Gasteiger partial charge on any atom is -0.341 e. The van der Waals surface area contributed by atoms with E-state index in [1.54, 1.807) is 0 Å². The molecule has 1 saturated heterocycles. The summed E-state index contributed by atoms with van der Waals surface area (Å²) in [6.45, 7) is 1.33. The lowest BCUT2D eigenvalue weighted by atomic mass is 10.0. The Balaban J connectivity index is 1.63. The molecule has 0 bridgehead atoms. The number of benzene rings is 1. The van der Waals surface area contributed by atoms with Gasteiger partial charge in [0.15, 0.2) is 0 Å². The fraction of sp³-hybridized carbons (Fsp3) is 0.562. The SMILES string of the molecule is N[C@@H]1CCCN(C(=O)[C@H]2C[C@H]2c2ccc(C(F)(F)F)cc2)C1. The van der Waals surface area contributed by atoms with E-state index >= 15 is 0 Å². The van der Waals surface area contributed by atoms with Gasteiger partial charge in [-0.1, -0.05) is 12.1 Å². The van der Waals surface area contributed by atoms with Crippen molar-refractivity contribution >= 4 is 5.91 Å². The zero-order chi connectivity index (χ0) is 15.9. The summed E-state index contributed by atoms with van der Waals surface area (Å²) in [4.78, 5) is 14.2. The molecule has 1 amide bonds. The number of halogens is 3. The molecule has 3 rings (SSSR count). The number of nitrogens with two attached hydrogens (primary N) is 1. The lowest BCUT2D eigenvalue weighted by Gasteiger charge is -2.31. The predicted molar refractivity (Wildman–Crippen MR) is 76.1 cm³/mol. The summed E-state index contributed by atoms with van der Waals surface area (Å²) in [6, 6.07) is 5.20. The van der Waals surface area contributed by atoms with Crippen LogP contribution in [0.5, 0.6) is 0 Å². The smallest absolute Gasteiger partial charge is 0.341 e. The quantitative estimate of drug-likeness (QED) is 0.913. The molecule has 1 aliphatic heterocycles. The number of likely N-dealkylation sites (tertiary alicyclic amines) is 1. The average Bonchev–Trinajstić information content (AvgIpc) is 3.26. The molecule has 0 spiro atoms. The number of carbonyl (C=O) groups is 1. The van der Waals surface area contributed by atoms with Gasteiger partial charge in [-0.2, -0.15) is 13.2 Å². The third-order valence-electron chi connectivity index (χ3n) is 4.54. The van der Waals surface area contributed by atoms with Crippen molar-refractivity contribution in [3.8, 4) is 0 Å². The second kappa shape index (κ2) is 5.57. The lowest BCUT2D eigenvalue weighted by molar-refractivity contribution is -0.137. The summed E-state index contributed by atoms with van der Waals surface area (Å²) in [5, 5.41) is 0. The fourth-order valence-corrected chi connectivity index (χ4v) is 3.20. The van der Waals surface area contributed by atoms with Crippen LogP contribution >= 0.6 is 0 Å². The molecule has 3 nitrogen and oxygen atoms in total. The van der Waals surface area contributed by atoms with Crippen LogP contribution in [0, 0.1) is 5.92 Å². The van der Waals surface area contributed by atoms with Crippen molar-refractivity contribution in [1.29, 1.82) is 0 Å². The van der Waals surface area contributed by atoms with Gasteiger partial charge in [-0.25, -0.2) is 0 Å². The second-order valence-corrected chi connectivity index (χ2v) is 6.26. The lowest BCUT2D eigenvalue weighted by Crippen LogP contribution is -2.46. The number of rotatable bonds is 2. The molecule has 1 aromatic rings. The Bertz CT molecular complexity index is 556. The Hall–Kier alpha value is -1.56. The van der Waals surface area contributed by atoms with Gasteiger partial charge < -0.3 is 10.6 Å². The molecule has 1 heterocycles. The van der Waals surface area contributed by atoms with Crippen molar-refractivity contribution in [2.24, 2.45) is 11.7 Å². The van der Waals surface area contributed by atoms with Gasteiger partial charge in [0.2, 0.25) is 5.91 Å². The molecule has 1 saturated carbocycles. The van der Waals surface area contributed by atoms with E-state index in [4.69, 9.17) is 5.73 Å². The maximum Gasteiger partial charge on any atom is 0.416 e. The van der Waals surface area contributed by atoms with Crippen molar-refractivity contribution in [2.45, 2.75) is 37.4 Å². The standard InChI is InChI=1S/C16H19F3N2O/c17-16(18,19)11-5-3-10(4-6-11)13-8-14(13)15(22)21-7-1-2-12(20)9-21/h3-6,12-14H,1-2,7-9,20H2/t12-,13+,14+/m1/s1. The van der Waals surface area contributed by atoms with Gasteiger partial charge in [0, 0.05) is 25.0 Å². The molecule has 2 N–H and O–H groups in total. The highest BCUT2D eigenvalue weighted by atomic mass is 19.4. The Morgan fingerprint density at radius 1 is 1.23 bits per heavy atom. The third kappa shape index (κ3) is 3.11. The molecule has 1 aliphatic carbocycles. The fourth-order valence-electron chi connectivity index (χ4n) is 3.20. The molecule has 2 fully saturated rings. The zero-order valence-electron chi connectivity index (χ0n) is 12.1. The number of nitrogens with zero attached hydrogens (tertiary/aromatic N) is 1. The highest BCUT2D eigenvalue weighted by Gasteiger charge is 2.46. The van der Waals surface area contributed by atoms with Gasteiger partial charge in [0.25, 0.3) is 0 Å². The summed E-state index contributed by atoms with van der Waals surface area (Å²) >= 11 is 0. The normalized spacial score (nSPS) is 28.5. The van der Waals surface area contributed by atoms with Crippen molar-refractivity contribution in [3.63, 3.8) is 0 Å². The van der Waals surface area contributed by atoms with Crippen LogP contribution in [0.4, 0.5) is 13.2 Å². The minimum absolute atomic E-state index is 0.0426. The van der Waals surface area contributed by atoms with Crippen molar-refractivity contribution in [3.05, 3.63) is 35.4 Å². The summed E-state index contributed by atoms with van der Waals surface area (Å²) in [5.74, 6) is 0.0509. The Kier molecular flexibility index (Phi) is 3.89. The van der Waals surface area contributed by atoms with Crippen molar-refractivity contribution in [2.75, 3.05) is 13.1 Å². The molecule has 3 atom stereocenters. The monoisotopic (exact) mass is 312 g/mol. The Morgan fingerprint density at radius 2 is 1.91 bits per heavy atom. The molecule has 2 aliphatic rings. The van der Waals surface area contributed by atoms with E-state index in [0.29, 0.717) is 6.54 Å². The average molecular weight is 312 g/mol. The molecule has 120 valence electrons. The van der Waals surface area contributed by atoms with Gasteiger partial charge in [0.05, 0.1) is 5.56 Å². The first-order valence-corrected chi connectivity index (χ1v) is 7.58. The molecule has 0 aromatic heterocycles. The topological polar surface area (TPSA) is 46.3 Å². The molecule has 0 unspecified atom stereocenters. The highest BCUT2D eigenvalue weighted by molar-refractivity contribution is 5.83. The van der Waals surface area contributed by atoms with Crippen LogP contribution in [0.15, 0.2) is 24.3 Å². The van der Waals surface area contributed by atoms with Gasteiger partial charge in [-0.05, 0) is 42.9 Å². The van der Waals surface area contributed by atoms with Gasteiger partial charge in [0.1, 0.15) is 0 Å². The molecule has 0 radical (unpaired) electrons. The maximum absolute atomic E-state index is 12.5. The van der Waals surface area contributed by atoms with Gasteiger partial charge in [-0.3, -0.25) is 4.79 Å². The van der Waals surface area contributed by atoms with Crippen LogP contribution in [-0.2, 0) is 11.0 Å². The number of amides is 1. The van der Waals surface area contributed by atoms with E-state index in [2.05, 4.69) is 0 Å². The van der Waals surface area contributed by atoms with Crippen LogP contribution in [0.25, 0.3) is 0 Å². The molecule has 22 heavy (non-hydrogen) atoms. The van der Waals surface area contributed by atoms with E-state index in [1.807, 2.05) is 4.90 Å². The largest absolute Gasteiger partial charge is 0.416 e. The van der Waals surface area contributed by atoms with Crippen LogP contribution in [0.3, 0.4) is 0 Å². The van der Waals surface area contributed by atoms with Crippen LogP contribution in [0.1, 0.15) is 36.3 Å². The first kappa shape index (κ1) is 15.3. The molecular weight excluding hydrogens is 293 g/mol. The van der Waals surface area contributed by atoms with Crippen LogP contribution in [0.2, 0.25) is 0 Å². The number of hydrogen-bond acceptors (Lipinski definition) is 2. The summed E-state index contributed by atoms with van der Waals surface area (Å²) < 4.78 is 37.6. The van der Waals surface area contributed by atoms with E-state index in [9.17, 15) is 18.0 Å². The predicted octanol–water partition coefficient (Wildman–Crippen LogP) is 2.76. The van der Waals surface area contributed by atoms with E-state index in [0.717, 1.165) is 43.5 Å². The third-order valence-corrected chi connectivity index (χ3v) is 4.54. The minimum atomic E-state index is -4.32. The van der Waals surface area contributed by atoms with Crippen LogP contribution in [-0.4, -0.2) is 29.9 Å². The van der Waals surface area contributed by atoms with E-state index < -0.39 is 11.7 Å². The first-order valence-electron chi connectivity index (χ1n) is 7.58. The first-order chi connectivity index (χ1) is 10.4. The number of hydrogen-bond donors (Lipinski definition) is 1. The highest BCUT2D eigenvalue weighted by Crippen LogP contribution is 2.49. The molecule has 1 aromatic carbocycles. The van der Waals surface area contributed by atoms with Gasteiger partial charge >= 0.3 is 6.18 Å². The summed E-state index contributed by atoms with van der Waals surface area (Å²) in [7, 11) is 0. The maximum atomic E-state index is 12.5. The number of alkyl halides is 3. The van der Waals surface area contributed by atoms with Gasteiger partial charge in [-0.15, -0.1) is 0 Å². The zero-order valence-corrected chi connectivity index (χ0v) is 12.1. The summed E-state index contributed by atoms with van der Waals surface area (Å²) in [5.41, 5.74) is 6.05. The van der Waals surface area contributed by atoms with E-state index in [1.165, 1.54) is 12.1 Å². The number of piperidine rings is 1. The Morgan fingerprint density at radius 3 is 2.50 bits per heavy atom. The molecular formula is C16H19F3N2O. The van der Waals surface area contributed by atoms with Crippen LogP contribution < -0.4 is 5.73 Å². The van der Waals surface area contributed by atoms with Crippen molar-refractivity contribution < 1.29 is 18.0 Å². The number of carbonyl (C=O) groups excluding carboxylic acids is 1. The molecule has 6 heteroatoms.